The number of carbonyl (C=O) groups excluding carboxylic acids is 1. The lowest BCUT2D eigenvalue weighted by Gasteiger charge is -2.02. The first kappa shape index (κ1) is 17.9. The molecule has 4 nitrogen and oxygen atoms in total. The van der Waals surface area contributed by atoms with Gasteiger partial charge in [0.25, 0.3) is 0 Å². The van der Waals surface area contributed by atoms with Crippen LogP contribution in [-0.4, -0.2) is 22.7 Å². The normalized spacial score (nSPS) is 11.1. The molecule has 0 aliphatic rings. The van der Waals surface area contributed by atoms with Gasteiger partial charge in [-0.3, -0.25) is 4.79 Å². The van der Waals surface area contributed by atoms with Crippen LogP contribution >= 0.6 is 11.6 Å². The molecule has 6 heteroatoms. The van der Waals surface area contributed by atoms with Crippen LogP contribution in [0.3, 0.4) is 0 Å². The minimum atomic E-state index is -0.334. The third kappa shape index (κ3) is 3.68. The number of benzene rings is 2. The van der Waals surface area contributed by atoms with Gasteiger partial charge in [0.1, 0.15) is 16.7 Å². The van der Waals surface area contributed by atoms with Crippen LogP contribution in [0.15, 0.2) is 54.6 Å². The molecule has 0 aliphatic carbocycles. The Bertz CT molecular complexity index is 961. The molecule has 0 unspecified atom stereocenters. The maximum absolute atomic E-state index is 13.1. The molecule has 1 heterocycles. The summed E-state index contributed by atoms with van der Waals surface area (Å²) in [6.07, 6.45) is 3.09. The highest BCUT2D eigenvalue weighted by Crippen LogP contribution is 2.25. The van der Waals surface area contributed by atoms with E-state index >= 15 is 0 Å². The fourth-order valence-electron chi connectivity index (χ4n) is 2.46. The van der Waals surface area contributed by atoms with Gasteiger partial charge in [-0.25, -0.2) is 9.07 Å². The molecule has 0 spiro atoms. The van der Waals surface area contributed by atoms with Crippen molar-refractivity contribution in [2.75, 3.05) is 7.11 Å². The zero-order valence-corrected chi connectivity index (χ0v) is 15.0. The number of halogens is 2. The number of rotatable bonds is 5. The van der Waals surface area contributed by atoms with Crippen molar-refractivity contribution in [3.8, 4) is 11.4 Å². The molecule has 0 fully saturated rings. The van der Waals surface area contributed by atoms with Crippen molar-refractivity contribution in [1.82, 2.24) is 9.78 Å². The Kier molecular flexibility index (Phi) is 5.19. The lowest BCUT2D eigenvalue weighted by molar-refractivity contribution is 0.104. The van der Waals surface area contributed by atoms with Gasteiger partial charge in [-0.15, -0.1) is 0 Å². The van der Waals surface area contributed by atoms with Crippen molar-refractivity contribution in [3.05, 3.63) is 82.4 Å². The Morgan fingerprint density at radius 1 is 1.15 bits per heavy atom. The highest BCUT2D eigenvalue weighted by molar-refractivity contribution is 6.31. The Morgan fingerprint density at radius 2 is 1.81 bits per heavy atom. The lowest BCUT2D eigenvalue weighted by atomic mass is 10.1. The molecule has 1 aromatic heterocycles. The van der Waals surface area contributed by atoms with Gasteiger partial charge in [0, 0.05) is 11.1 Å². The molecule has 3 aromatic rings. The van der Waals surface area contributed by atoms with Gasteiger partial charge in [-0.2, -0.15) is 5.10 Å². The number of aryl methyl sites for hydroxylation is 1. The molecule has 0 atom stereocenters. The van der Waals surface area contributed by atoms with Gasteiger partial charge in [0.15, 0.2) is 5.78 Å². The van der Waals surface area contributed by atoms with Crippen LogP contribution in [0.4, 0.5) is 4.39 Å². The van der Waals surface area contributed by atoms with Gasteiger partial charge >= 0.3 is 0 Å². The summed E-state index contributed by atoms with van der Waals surface area (Å²) in [5, 5.41) is 4.72. The van der Waals surface area contributed by atoms with Crippen molar-refractivity contribution in [1.29, 1.82) is 0 Å². The molecule has 2 aromatic carbocycles. The molecular formula is C20H16ClFN2O2. The fourth-order valence-corrected chi connectivity index (χ4v) is 2.80. The SMILES string of the molecule is COc1ccc(C(=O)/C=C/c2c(C)nn(-c3ccc(F)cc3)c2Cl)cc1. The van der Waals surface area contributed by atoms with Crippen LogP contribution in [0.5, 0.6) is 5.75 Å². The number of carbonyl (C=O) groups is 1. The van der Waals surface area contributed by atoms with Gasteiger partial charge in [-0.1, -0.05) is 11.6 Å². The Balaban J connectivity index is 1.86. The zero-order valence-electron chi connectivity index (χ0n) is 14.2. The van der Waals surface area contributed by atoms with E-state index in [1.807, 2.05) is 0 Å². The zero-order chi connectivity index (χ0) is 18.7. The highest BCUT2D eigenvalue weighted by atomic mass is 35.5. The highest BCUT2D eigenvalue weighted by Gasteiger charge is 2.13. The molecule has 0 N–H and O–H groups in total. The van der Waals surface area contributed by atoms with E-state index in [-0.39, 0.29) is 11.6 Å². The molecule has 0 amide bonds. The van der Waals surface area contributed by atoms with Crippen LogP contribution in [0, 0.1) is 12.7 Å². The van der Waals surface area contributed by atoms with Crippen molar-refractivity contribution in [2.45, 2.75) is 6.92 Å². The Labute approximate surface area is 155 Å². The first-order valence-electron chi connectivity index (χ1n) is 7.87. The largest absolute Gasteiger partial charge is 0.497 e. The smallest absolute Gasteiger partial charge is 0.185 e. The summed E-state index contributed by atoms with van der Waals surface area (Å²) < 4.78 is 19.7. The van der Waals surface area contributed by atoms with Crippen molar-refractivity contribution in [2.24, 2.45) is 0 Å². The third-order valence-electron chi connectivity index (χ3n) is 3.90. The van der Waals surface area contributed by atoms with Gasteiger partial charge < -0.3 is 4.74 Å². The standard InChI is InChI=1S/C20H16ClFN2O2/c1-13-18(11-12-19(25)14-3-9-17(26-2)10-4-14)20(21)24(23-13)16-7-5-15(22)6-8-16/h3-12H,1-2H3/b12-11+. The number of aromatic nitrogens is 2. The predicted molar refractivity (Wildman–Crippen MR) is 99.6 cm³/mol. The summed E-state index contributed by atoms with van der Waals surface area (Å²) in [5.74, 6) is 0.196. The van der Waals surface area contributed by atoms with Crippen molar-refractivity contribution >= 4 is 23.5 Å². The second-order valence-corrected chi connectivity index (χ2v) is 5.96. The first-order chi connectivity index (χ1) is 12.5. The van der Waals surface area contributed by atoms with Crippen LogP contribution in [-0.2, 0) is 0 Å². The van der Waals surface area contributed by atoms with Gasteiger partial charge in [0.05, 0.1) is 18.5 Å². The minimum absolute atomic E-state index is 0.155. The molecule has 3 rings (SSSR count). The molecule has 0 saturated heterocycles. The van der Waals surface area contributed by atoms with Crippen LogP contribution in [0.2, 0.25) is 5.15 Å². The van der Waals surface area contributed by atoms with Crippen LogP contribution in [0.1, 0.15) is 21.6 Å². The molecule has 0 aliphatic heterocycles. The third-order valence-corrected chi connectivity index (χ3v) is 4.26. The predicted octanol–water partition coefficient (Wildman–Crippen LogP) is 4.88. The summed E-state index contributed by atoms with van der Waals surface area (Å²) in [6, 6.07) is 12.7. The van der Waals surface area contributed by atoms with Gasteiger partial charge in [-0.05, 0) is 67.6 Å². The molecule has 132 valence electrons. The van der Waals surface area contributed by atoms with E-state index in [1.54, 1.807) is 56.5 Å². The monoisotopic (exact) mass is 370 g/mol. The Morgan fingerprint density at radius 3 is 2.42 bits per heavy atom. The topological polar surface area (TPSA) is 44.1 Å². The maximum Gasteiger partial charge on any atom is 0.185 e. The van der Waals surface area contributed by atoms with E-state index in [0.29, 0.717) is 33.4 Å². The quantitative estimate of drug-likeness (QED) is 0.475. The molecule has 0 bridgehead atoms. The summed E-state index contributed by atoms with van der Waals surface area (Å²) in [7, 11) is 1.57. The summed E-state index contributed by atoms with van der Waals surface area (Å²) in [5.41, 5.74) is 2.48. The number of ketones is 1. The number of hydrogen-bond donors (Lipinski definition) is 0. The van der Waals surface area contributed by atoms with Gasteiger partial charge in [0.2, 0.25) is 0 Å². The van der Waals surface area contributed by atoms with Crippen molar-refractivity contribution < 1.29 is 13.9 Å². The summed E-state index contributed by atoms with van der Waals surface area (Å²) in [6.45, 7) is 1.80. The van der Waals surface area contributed by atoms with E-state index in [4.69, 9.17) is 16.3 Å². The van der Waals surface area contributed by atoms with Crippen LogP contribution in [0.25, 0.3) is 11.8 Å². The van der Waals surface area contributed by atoms with E-state index in [1.165, 1.54) is 22.9 Å². The lowest BCUT2D eigenvalue weighted by Crippen LogP contribution is -1.96. The number of nitrogens with zero attached hydrogens (tertiary/aromatic N) is 2. The van der Waals surface area contributed by atoms with Crippen molar-refractivity contribution in [3.63, 3.8) is 0 Å². The van der Waals surface area contributed by atoms with E-state index < -0.39 is 0 Å². The molecule has 0 radical (unpaired) electrons. The number of hydrogen-bond acceptors (Lipinski definition) is 3. The molecular weight excluding hydrogens is 355 g/mol. The first-order valence-corrected chi connectivity index (χ1v) is 8.25. The van der Waals surface area contributed by atoms with E-state index in [2.05, 4.69) is 5.10 Å². The Hall–Kier alpha value is -2.92. The molecule has 26 heavy (non-hydrogen) atoms. The summed E-state index contributed by atoms with van der Waals surface area (Å²) >= 11 is 6.40. The second-order valence-electron chi connectivity index (χ2n) is 5.60. The number of allylic oxidation sites excluding steroid dienone is 1. The fraction of sp³-hybridized carbons (Fsp3) is 0.100. The average molecular weight is 371 g/mol. The maximum atomic E-state index is 13.1. The number of methoxy groups -OCH3 is 1. The minimum Gasteiger partial charge on any atom is -0.497 e. The van der Waals surface area contributed by atoms with E-state index in [9.17, 15) is 9.18 Å². The molecule has 0 saturated carbocycles. The van der Waals surface area contributed by atoms with Crippen LogP contribution < -0.4 is 4.74 Å². The average Bonchev–Trinajstić information content (AvgIpc) is 2.94. The summed E-state index contributed by atoms with van der Waals surface area (Å²) in [4.78, 5) is 12.3. The number of ether oxygens (including phenoxy) is 1. The second kappa shape index (κ2) is 7.54. The van der Waals surface area contributed by atoms with E-state index in [0.717, 1.165) is 0 Å².